The summed E-state index contributed by atoms with van der Waals surface area (Å²) in [7, 11) is 0. The number of allylic oxidation sites excluding steroid dienone is 1. The van der Waals surface area contributed by atoms with Gasteiger partial charge in [-0.25, -0.2) is 0 Å². The zero-order valence-corrected chi connectivity index (χ0v) is 9.05. The van der Waals surface area contributed by atoms with Crippen LogP contribution in [0, 0.1) is 0 Å². The minimum atomic E-state index is 0.0230. The van der Waals surface area contributed by atoms with E-state index in [-0.39, 0.29) is 18.0 Å². The molecule has 0 radical (unpaired) electrons. The summed E-state index contributed by atoms with van der Waals surface area (Å²) in [6.45, 7) is 3.69. The van der Waals surface area contributed by atoms with Gasteiger partial charge in [0.05, 0.1) is 0 Å². The maximum absolute atomic E-state index is 11.6. The molecule has 14 heavy (non-hydrogen) atoms. The number of carbonyl (C=O) groups excluding carboxylic acids is 1. The second kappa shape index (κ2) is 5.15. The first kappa shape index (κ1) is 11.2. The summed E-state index contributed by atoms with van der Waals surface area (Å²) in [5.41, 5.74) is 6.70. The maximum Gasteiger partial charge on any atom is 0.246 e. The lowest BCUT2D eigenvalue weighted by Gasteiger charge is -2.29. The Balaban J connectivity index is 2.46. The van der Waals surface area contributed by atoms with E-state index in [2.05, 4.69) is 5.32 Å². The van der Waals surface area contributed by atoms with E-state index in [0.29, 0.717) is 0 Å². The van der Waals surface area contributed by atoms with E-state index < -0.39 is 0 Å². The van der Waals surface area contributed by atoms with Crippen molar-refractivity contribution in [1.82, 2.24) is 5.32 Å². The van der Waals surface area contributed by atoms with Crippen LogP contribution < -0.4 is 11.1 Å². The molecule has 1 aliphatic carbocycles. The molecule has 2 unspecified atom stereocenters. The number of amides is 1. The Morgan fingerprint density at radius 3 is 2.64 bits per heavy atom. The molecular weight excluding hydrogens is 176 g/mol. The van der Waals surface area contributed by atoms with Crippen molar-refractivity contribution in [3.8, 4) is 0 Å². The summed E-state index contributed by atoms with van der Waals surface area (Å²) in [6, 6.07) is 0.309. The van der Waals surface area contributed by atoms with E-state index in [9.17, 15) is 4.79 Å². The zero-order valence-electron chi connectivity index (χ0n) is 9.05. The molecule has 0 aromatic heterocycles. The van der Waals surface area contributed by atoms with Gasteiger partial charge in [0.25, 0.3) is 0 Å². The van der Waals surface area contributed by atoms with Crippen LogP contribution in [0.3, 0.4) is 0 Å². The molecule has 1 fully saturated rings. The molecule has 3 N–H and O–H groups in total. The Morgan fingerprint density at radius 1 is 1.43 bits per heavy atom. The molecule has 1 saturated carbocycles. The molecule has 3 nitrogen and oxygen atoms in total. The van der Waals surface area contributed by atoms with E-state index in [1.807, 2.05) is 19.9 Å². The Morgan fingerprint density at radius 2 is 2.07 bits per heavy atom. The van der Waals surface area contributed by atoms with E-state index >= 15 is 0 Å². The van der Waals surface area contributed by atoms with Crippen molar-refractivity contribution >= 4 is 5.91 Å². The summed E-state index contributed by atoms with van der Waals surface area (Å²) >= 11 is 0. The maximum atomic E-state index is 11.6. The molecule has 2 atom stereocenters. The van der Waals surface area contributed by atoms with E-state index in [0.717, 1.165) is 18.4 Å². The largest absolute Gasteiger partial charge is 0.348 e. The third kappa shape index (κ3) is 2.84. The highest BCUT2D eigenvalue weighted by Gasteiger charge is 2.23. The average Bonchev–Trinajstić information content (AvgIpc) is 2.20. The number of hydrogen-bond acceptors (Lipinski definition) is 2. The van der Waals surface area contributed by atoms with Crippen molar-refractivity contribution in [2.45, 2.75) is 51.6 Å². The number of carbonyl (C=O) groups is 1. The summed E-state index contributed by atoms with van der Waals surface area (Å²) in [6.07, 6.45) is 6.23. The molecule has 0 heterocycles. The molecule has 0 spiro atoms. The number of nitrogens with one attached hydrogen (secondary N) is 1. The molecule has 0 aromatic rings. The number of rotatable bonds is 2. The molecule has 0 saturated heterocycles. The third-order valence-electron chi connectivity index (χ3n) is 2.93. The van der Waals surface area contributed by atoms with Gasteiger partial charge in [0.2, 0.25) is 5.91 Å². The SMILES string of the molecule is C/C=C(/C)C(=O)NC1CCCCC1N. The molecule has 0 bridgehead atoms. The first-order valence-corrected chi connectivity index (χ1v) is 5.34. The normalized spacial score (nSPS) is 28.6. The number of nitrogens with two attached hydrogens (primary N) is 1. The van der Waals surface area contributed by atoms with Crippen LogP contribution in [-0.4, -0.2) is 18.0 Å². The molecule has 80 valence electrons. The van der Waals surface area contributed by atoms with Gasteiger partial charge in [-0.2, -0.15) is 0 Å². The molecule has 1 amide bonds. The predicted octanol–water partition coefficient (Wildman–Crippen LogP) is 1.34. The van der Waals surface area contributed by atoms with Crippen LogP contribution in [0.2, 0.25) is 0 Å². The van der Waals surface area contributed by atoms with Crippen LogP contribution in [0.5, 0.6) is 0 Å². The monoisotopic (exact) mass is 196 g/mol. The van der Waals surface area contributed by atoms with Crippen LogP contribution in [0.1, 0.15) is 39.5 Å². The van der Waals surface area contributed by atoms with Crippen molar-refractivity contribution in [3.05, 3.63) is 11.6 Å². The minimum Gasteiger partial charge on any atom is -0.348 e. The van der Waals surface area contributed by atoms with Crippen molar-refractivity contribution < 1.29 is 4.79 Å². The Labute approximate surface area is 85.7 Å². The van der Waals surface area contributed by atoms with Crippen LogP contribution in [0.25, 0.3) is 0 Å². The van der Waals surface area contributed by atoms with Crippen molar-refractivity contribution in [2.75, 3.05) is 0 Å². The highest BCUT2D eigenvalue weighted by molar-refractivity contribution is 5.92. The molecule has 0 aromatic carbocycles. The summed E-state index contributed by atoms with van der Waals surface area (Å²) in [5, 5.41) is 2.99. The molecule has 3 heteroatoms. The topological polar surface area (TPSA) is 55.1 Å². The van der Waals surface area contributed by atoms with Crippen LogP contribution >= 0.6 is 0 Å². The highest BCUT2D eigenvalue weighted by Crippen LogP contribution is 2.17. The lowest BCUT2D eigenvalue weighted by Crippen LogP contribution is -2.49. The fourth-order valence-electron chi connectivity index (χ4n) is 1.75. The van der Waals surface area contributed by atoms with Crippen molar-refractivity contribution in [2.24, 2.45) is 5.73 Å². The van der Waals surface area contributed by atoms with Crippen LogP contribution in [0.15, 0.2) is 11.6 Å². The van der Waals surface area contributed by atoms with Gasteiger partial charge in [0.15, 0.2) is 0 Å². The van der Waals surface area contributed by atoms with Gasteiger partial charge in [-0.3, -0.25) is 4.79 Å². The van der Waals surface area contributed by atoms with Crippen molar-refractivity contribution in [1.29, 1.82) is 0 Å². The van der Waals surface area contributed by atoms with Gasteiger partial charge in [0, 0.05) is 17.7 Å². The van der Waals surface area contributed by atoms with Gasteiger partial charge >= 0.3 is 0 Å². The summed E-state index contributed by atoms with van der Waals surface area (Å²) < 4.78 is 0. The van der Waals surface area contributed by atoms with Crippen LogP contribution in [0.4, 0.5) is 0 Å². The molecule has 1 rings (SSSR count). The fraction of sp³-hybridized carbons (Fsp3) is 0.727. The first-order chi connectivity index (χ1) is 6.65. The van der Waals surface area contributed by atoms with E-state index in [1.54, 1.807) is 0 Å². The molecular formula is C11H20N2O. The quantitative estimate of drug-likeness (QED) is 0.655. The Kier molecular flexibility index (Phi) is 4.14. The van der Waals surface area contributed by atoms with Gasteiger partial charge in [-0.05, 0) is 26.7 Å². The first-order valence-electron chi connectivity index (χ1n) is 5.34. The van der Waals surface area contributed by atoms with E-state index in [4.69, 9.17) is 5.73 Å². The highest BCUT2D eigenvalue weighted by atomic mass is 16.1. The average molecular weight is 196 g/mol. The zero-order chi connectivity index (χ0) is 10.6. The summed E-state index contributed by atoms with van der Waals surface area (Å²) in [5.74, 6) is 0.0230. The second-order valence-electron chi connectivity index (χ2n) is 4.00. The predicted molar refractivity (Wildman–Crippen MR) is 57.8 cm³/mol. The summed E-state index contributed by atoms with van der Waals surface area (Å²) in [4.78, 5) is 11.6. The standard InChI is InChI=1S/C11H20N2O/c1-3-8(2)11(14)13-10-7-5-4-6-9(10)12/h3,9-10H,4-7,12H2,1-2H3,(H,13,14)/b8-3-. The van der Waals surface area contributed by atoms with Gasteiger partial charge < -0.3 is 11.1 Å². The van der Waals surface area contributed by atoms with Gasteiger partial charge in [-0.15, -0.1) is 0 Å². The van der Waals surface area contributed by atoms with Gasteiger partial charge in [0.1, 0.15) is 0 Å². The Bertz CT molecular complexity index is 235. The van der Waals surface area contributed by atoms with E-state index in [1.165, 1.54) is 12.8 Å². The smallest absolute Gasteiger partial charge is 0.246 e. The van der Waals surface area contributed by atoms with Gasteiger partial charge in [-0.1, -0.05) is 18.9 Å². The lowest BCUT2D eigenvalue weighted by molar-refractivity contribution is -0.118. The lowest BCUT2D eigenvalue weighted by atomic mass is 9.91. The second-order valence-corrected chi connectivity index (χ2v) is 4.00. The minimum absolute atomic E-state index is 0.0230. The fourth-order valence-corrected chi connectivity index (χ4v) is 1.75. The van der Waals surface area contributed by atoms with Crippen molar-refractivity contribution in [3.63, 3.8) is 0 Å². The Hall–Kier alpha value is -0.830. The molecule has 1 aliphatic rings. The third-order valence-corrected chi connectivity index (χ3v) is 2.93. The van der Waals surface area contributed by atoms with Crippen LogP contribution in [-0.2, 0) is 4.79 Å². The molecule has 0 aliphatic heterocycles. The number of hydrogen-bond donors (Lipinski definition) is 2.